The Morgan fingerprint density at radius 2 is 2.14 bits per heavy atom. The molecule has 182 valence electrons. The number of fused-ring (bicyclic) bond motifs is 1. The van der Waals surface area contributed by atoms with E-state index in [0.717, 1.165) is 17.6 Å². The van der Waals surface area contributed by atoms with Crippen LogP contribution in [0.1, 0.15) is 0 Å². The molecule has 2 aliphatic rings. The maximum atomic E-state index is 12.8. The van der Waals surface area contributed by atoms with E-state index in [1.165, 1.54) is 18.2 Å². The molecule has 2 N–H and O–H groups in total. The average molecular weight is 521 g/mol. The Morgan fingerprint density at radius 1 is 1.40 bits per heavy atom. The largest absolute Gasteiger partial charge is 0.477 e. The Balaban J connectivity index is 1.50. The number of carboxylic acid groups (broad SMARTS) is 1. The van der Waals surface area contributed by atoms with Crippen molar-refractivity contribution in [2.45, 2.75) is 18.0 Å². The van der Waals surface area contributed by atoms with E-state index in [9.17, 15) is 24.3 Å². The topological polar surface area (TPSA) is 155 Å². The second kappa shape index (κ2) is 10.3. The molecule has 2 aromatic heterocycles. The number of aromatic nitrogens is 2. The van der Waals surface area contributed by atoms with Crippen LogP contribution >= 0.6 is 23.4 Å². The van der Waals surface area contributed by atoms with Crippen LogP contribution in [0.15, 0.2) is 58.0 Å². The van der Waals surface area contributed by atoms with Crippen LogP contribution in [0, 0.1) is 0 Å². The van der Waals surface area contributed by atoms with Crippen LogP contribution in [0.4, 0.5) is 0 Å². The Kier molecular flexibility index (Phi) is 7.17. The molecule has 0 aromatic carbocycles. The molecule has 2 aromatic rings. The highest BCUT2D eigenvalue weighted by Crippen LogP contribution is 2.40. The number of nitrogens with one attached hydrogen (secondary N) is 1. The first-order valence-electron chi connectivity index (χ1n) is 10.1. The molecule has 4 rings (SSSR count). The van der Waals surface area contributed by atoms with Crippen molar-refractivity contribution in [3.8, 4) is 11.3 Å². The number of amides is 2. The summed E-state index contributed by atoms with van der Waals surface area (Å²) in [5.41, 5.74) is 0.645. The van der Waals surface area contributed by atoms with Gasteiger partial charge in [0.25, 0.3) is 11.8 Å². The van der Waals surface area contributed by atoms with Crippen molar-refractivity contribution in [1.29, 1.82) is 0 Å². The molecule has 0 bridgehead atoms. The normalized spacial score (nSPS) is 19.7. The second-order valence-corrected chi connectivity index (χ2v) is 8.79. The molecule has 0 spiro atoms. The minimum atomic E-state index is -1.25. The van der Waals surface area contributed by atoms with E-state index in [-0.39, 0.29) is 12.2 Å². The van der Waals surface area contributed by atoms with Crippen LogP contribution in [-0.2, 0) is 30.6 Å². The second-order valence-electron chi connectivity index (χ2n) is 7.42. The quantitative estimate of drug-likeness (QED) is 0.118. The molecule has 1 fully saturated rings. The van der Waals surface area contributed by atoms with Crippen molar-refractivity contribution in [3.63, 3.8) is 0 Å². The van der Waals surface area contributed by atoms with Gasteiger partial charge in [-0.25, -0.2) is 14.3 Å². The summed E-state index contributed by atoms with van der Waals surface area (Å²) in [5.74, 6) is -3.13. The third kappa shape index (κ3) is 4.77. The highest BCUT2D eigenvalue weighted by molar-refractivity contribution is 8.00. The summed E-state index contributed by atoms with van der Waals surface area (Å²) in [6, 6.07) is 2.59. The number of carboxylic acids is 1. The lowest BCUT2D eigenvalue weighted by molar-refractivity contribution is -0.689. The number of pyridine rings is 1. The molecule has 0 unspecified atom stereocenters. The monoisotopic (exact) mass is 520 g/mol. The molecule has 2 amide bonds. The van der Waals surface area contributed by atoms with Gasteiger partial charge in [0.1, 0.15) is 24.2 Å². The fraction of sp³-hybridized carbons (Fsp3) is 0.286. The average Bonchev–Trinajstić information content (AvgIpc) is 3.40. The van der Waals surface area contributed by atoms with E-state index in [0.29, 0.717) is 17.1 Å². The molecule has 0 saturated carbocycles. The van der Waals surface area contributed by atoms with Crippen LogP contribution in [0.2, 0.25) is 0 Å². The molecule has 0 radical (unpaired) electrons. The predicted octanol–water partition coefficient (Wildman–Crippen LogP) is 0.178. The zero-order chi connectivity index (χ0) is 25.1. The van der Waals surface area contributed by atoms with Gasteiger partial charge in [-0.05, 0) is 0 Å². The fourth-order valence-electron chi connectivity index (χ4n) is 3.69. The summed E-state index contributed by atoms with van der Waals surface area (Å²) in [6.07, 6.45) is 6.46. The summed E-state index contributed by atoms with van der Waals surface area (Å²) in [6.45, 7) is 0.244. The number of ketones is 1. The number of carbonyl (C=O) groups excluding carboxylic acids is 3. The maximum Gasteiger partial charge on any atom is 0.352 e. The van der Waals surface area contributed by atoms with Gasteiger partial charge in [-0.3, -0.25) is 19.3 Å². The van der Waals surface area contributed by atoms with Crippen LogP contribution in [-0.4, -0.2) is 74.4 Å². The number of alkyl halides is 1. The molecule has 14 heteroatoms. The number of halogens is 1. The number of thioether (sulfide) groups is 1. The molecule has 2 aliphatic heterocycles. The van der Waals surface area contributed by atoms with Gasteiger partial charge >= 0.3 is 5.97 Å². The Labute approximate surface area is 207 Å². The van der Waals surface area contributed by atoms with Crippen molar-refractivity contribution < 1.29 is 38.1 Å². The van der Waals surface area contributed by atoms with E-state index in [1.54, 1.807) is 23.2 Å². The number of nitrogens with zero attached hydrogens (tertiary/aromatic N) is 4. The lowest BCUT2D eigenvalue weighted by Crippen LogP contribution is -2.71. The summed E-state index contributed by atoms with van der Waals surface area (Å²) in [4.78, 5) is 58.8. The predicted molar refractivity (Wildman–Crippen MR) is 122 cm³/mol. The van der Waals surface area contributed by atoms with Crippen molar-refractivity contribution >= 4 is 52.6 Å². The van der Waals surface area contributed by atoms with E-state index in [1.807, 2.05) is 12.1 Å². The Hall–Kier alpha value is -3.71. The van der Waals surface area contributed by atoms with Gasteiger partial charge in [-0.1, -0.05) is 5.16 Å². The smallest absolute Gasteiger partial charge is 0.352 e. The summed E-state index contributed by atoms with van der Waals surface area (Å²) >= 11 is 6.80. The number of hydrogen-bond acceptors (Lipinski definition) is 9. The number of carbonyl (C=O) groups is 4. The Morgan fingerprint density at radius 3 is 2.74 bits per heavy atom. The van der Waals surface area contributed by atoms with Gasteiger partial charge in [0.2, 0.25) is 11.5 Å². The lowest BCUT2D eigenvalue weighted by atomic mass is 10.0. The van der Waals surface area contributed by atoms with E-state index < -0.39 is 46.6 Å². The van der Waals surface area contributed by atoms with E-state index in [2.05, 4.69) is 20.3 Å². The van der Waals surface area contributed by atoms with Crippen LogP contribution < -0.4 is 9.88 Å². The fourth-order valence-corrected chi connectivity index (χ4v) is 5.16. The Bertz CT molecular complexity index is 1230. The van der Waals surface area contributed by atoms with E-state index >= 15 is 0 Å². The summed E-state index contributed by atoms with van der Waals surface area (Å²) < 4.78 is 7.05. The summed E-state index contributed by atoms with van der Waals surface area (Å²) in [7, 11) is 1.16. The molecule has 1 saturated heterocycles. The number of oxazole rings is 1. The lowest BCUT2D eigenvalue weighted by Gasteiger charge is -2.49. The van der Waals surface area contributed by atoms with Crippen molar-refractivity contribution in [2.24, 2.45) is 5.16 Å². The zero-order valence-electron chi connectivity index (χ0n) is 18.2. The van der Waals surface area contributed by atoms with E-state index in [4.69, 9.17) is 16.0 Å². The molecule has 2 atom stereocenters. The highest BCUT2D eigenvalue weighted by atomic mass is 35.5. The third-order valence-corrected chi connectivity index (χ3v) is 6.88. The molecular weight excluding hydrogens is 502 g/mol. The zero-order valence-corrected chi connectivity index (χ0v) is 19.8. The molecule has 35 heavy (non-hydrogen) atoms. The van der Waals surface area contributed by atoms with Crippen molar-refractivity contribution in [3.05, 3.63) is 48.4 Å². The van der Waals surface area contributed by atoms with Crippen molar-refractivity contribution in [2.75, 3.05) is 18.7 Å². The van der Waals surface area contributed by atoms with Gasteiger partial charge in [0.15, 0.2) is 31.1 Å². The van der Waals surface area contributed by atoms with Gasteiger partial charge < -0.3 is 19.7 Å². The molecule has 4 heterocycles. The van der Waals surface area contributed by atoms with Crippen LogP contribution in [0.3, 0.4) is 0 Å². The number of hydrogen-bond donors (Lipinski definition) is 2. The highest BCUT2D eigenvalue weighted by Gasteiger charge is 2.54. The third-order valence-electron chi connectivity index (χ3n) is 5.30. The number of β-lactam (4-membered cyclic amide) rings is 1. The van der Waals surface area contributed by atoms with Crippen molar-refractivity contribution in [1.82, 2.24) is 15.2 Å². The van der Waals surface area contributed by atoms with Gasteiger partial charge in [0, 0.05) is 29.0 Å². The van der Waals surface area contributed by atoms with Gasteiger partial charge in [-0.2, -0.15) is 0 Å². The number of Topliss-reactive ketones (excluding diaryl/α,β-unsaturated/α-hetero) is 1. The van der Waals surface area contributed by atoms with Gasteiger partial charge in [0.05, 0.1) is 12.1 Å². The first kappa shape index (κ1) is 24.4. The first-order valence-corrected chi connectivity index (χ1v) is 11.7. The van der Waals surface area contributed by atoms with Crippen LogP contribution in [0.25, 0.3) is 11.3 Å². The number of rotatable bonds is 9. The molecule has 12 nitrogen and oxygen atoms in total. The van der Waals surface area contributed by atoms with Crippen LogP contribution in [0.5, 0.6) is 0 Å². The molecular formula is C21H19ClN5O7S+. The van der Waals surface area contributed by atoms with Gasteiger partial charge in [-0.15, -0.1) is 23.4 Å². The number of aliphatic carboxylic acids is 1. The minimum Gasteiger partial charge on any atom is -0.477 e. The maximum absolute atomic E-state index is 12.8. The summed E-state index contributed by atoms with van der Waals surface area (Å²) in [5, 5.41) is 15.0. The first-order chi connectivity index (χ1) is 16.8. The molecule has 0 aliphatic carbocycles. The standard InChI is InChI=1S/C21H18ClN5O7S/c1-33-25-15(13(28)6-22)18(29)24-16-19(30)27-17(21(31)32)12(9-35-20(16)27)8-26-4-2-11(3-5-26)14-7-23-10-34-14/h2-5,7,10,16,20H,6,8-9H2,1H3,(H-,24,29,31,32)/p+1/t16-,20-/m1/s1. The minimum absolute atomic E-state index is 0.126. The SMILES string of the molecule is CON=C(C(=O)CCl)C(=O)N[C@@H]1C(=O)N2C(C(=O)O)=C(C[n+]3ccc(-c4cnco4)cc3)CS[C@H]12. The number of oxime groups is 1.